The van der Waals surface area contributed by atoms with Gasteiger partial charge in [0.05, 0.1) is 5.60 Å². The van der Waals surface area contributed by atoms with Gasteiger partial charge in [0, 0.05) is 13.6 Å². The third-order valence-corrected chi connectivity index (χ3v) is 2.53. The highest BCUT2D eigenvalue weighted by molar-refractivity contribution is 4.82. The van der Waals surface area contributed by atoms with Gasteiger partial charge in [-0.25, -0.2) is 4.98 Å². The Kier molecular flexibility index (Phi) is 3.60. The Balaban J connectivity index is 2.52. The predicted octanol–water partition coefficient (Wildman–Crippen LogP) is 0.459. The molecule has 0 radical (unpaired) electrons. The summed E-state index contributed by atoms with van der Waals surface area (Å²) in [7, 11) is 1.84. The van der Waals surface area contributed by atoms with E-state index in [2.05, 4.69) is 17.0 Å². The molecular weight excluding hydrogens is 180 g/mol. The van der Waals surface area contributed by atoms with E-state index in [4.69, 9.17) is 10.5 Å². The number of nitrogens with zero attached hydrogens (tertiary/aromatic N) is 3. The molecule has 0 aliphatic heterocycles. The van der Waals surface area contributed by atoms with Crippen LogP contribution in [0.15, 0.2) is 6.33 Å². The van der Waals surface area contributed by atoms with E-state index in [1.807, 2.05) is 14.0 Å². The lowest BCUT2D eigenvalue weighted by Gasteiger charge is -2.26. The SMILES string of the molecule is CCC(C)(CN)OCc1ncnn1C. The van der Waals surface area contributed by atoms with Gasteiger partial charge in [0.1, 0.15) is 12.9 Å². The molecule has 1 aromatic heterocycles. The fourth-order valence-electron chi connectivity index (χ4n) is 0.995. The van der Waals surface area contributed by atoms with E-state index in [9.17, 15) is 0 Å². The van der Waals surface area contributed by atoms with Crippen LogP contribution in [0.3, 0.4) is 0 Å². The van der Waals surface area contributed by atoms with Crippen molar-refractivity contribution in [3.05, 3.63) is 12.2 Å². The van der Waals surface area contributed by atoms with E-state index >= 15 is 0 Å². The second kappa shape index (κ2) is 4.52. The van der Waals surface area contributed by atoms with Crippen molar-refractivity contribution in [1.82, 2.24) is 14.8 Å². The molecule has 0 saturated heterocycles. The van der Waals surface area contributed by atoms with Crippen molar-refractivity contribution in [1.29, 1.82) is 0 Å². The summed E-state index contributed by atoms with van der Waals surface area (Å²) in [6, 6.07) is 0. The number of hydrogen-bond acceptors (Lipinski definition) is 4. The van der Waals surface area contributed by atoms with E-state index in [1.165, 1.54) is 6.33 Å². The number of rotatable bonds is 5. The van der Waals surface area contributed by atoms with Crippen LogP contribution in [0.25, 0.3) is 0 Å². The first-order chi connectivity index (χ1) is 6.61. The molecule has 0 aromatic carbocycles. The van der Waals surface area contributed by atoms with Crippen LogP contribution in [-0.4, -0.2) is 26.9 Å². The maximum Gasteiger partial charge on any atom is 0.152 e. The highest BCUT2D eigenvalue weighted by Gasteiger charge is 2.21. The number of nitrogens with two attached hydrogens (primary N) is 1. The fourth-order valence-corrected chi connectivity index (χ4v) is 0.995. The monoisotopic (exact) mass is 198 g/mol. The molecular formula is C9H18N4O. The van der Waals surface area contributed by atoms with Crippen molar-refractivity contribution < 1.29 is 4.74 Å². The quantitative estimate of drug-likeness (QED) is 0.746. The van der Waals surface area contributed by atoms with Crippen LogP contribution in [-0.2, 0) is 18.4 Å². The molecule has 14 heavy (non-hydrogen) atoms. The average Bonchev–Trinajstić information content (AvgIpc) is 2.61. The highest BCUT2D eigenvalue weighted by Crippen LogP contribution is 2.14. The van der Waals surface area contributed by atoms with Gasteiger partial charge < -0.3 is 10.5 Å². The molecule has 0 amide bonds. The minimum Gasteiger partial charge on any atom is -0.366 e. The maximum absolute atomic E-state index is 5.70. The molecule has 80 valence electrons. The summed E-state index contributed by atoms with van der Waals surface area (Å²) in [6.07, 6.45) is 2.41. The molecule has 0 bridgehead atoms. The van der Waals surface area contributed by atoms with Crippen molar-refractivity contribution in [2.45, 2.75) is 32.5 Å². The number of hydrogen-bond donors (Lipinski definition) is 1. The summed E-state index contributed by atoms with van der Waals surface area (Å²) < 4.78 is 7.41. The third-order valence-electron chi connectivity index (χ3n) is 2.53. The second-order valence-electron chi connectivity index (χ2n) is 3.60. The van der Waals surface area contributed by atoms with Crippen molar-refractivity contribution in [3.8, 4) is 0 Å². The molecule has 2 N–H and O–H groups in total. The van der Waals surface area contributed by atoms with Crippen LogP contribution in [0.2, 0.25) is 0 Å². The van der Waals surface area contributed by atoms with Crippen LogP contribution >= 0.6 is 0 Å². The Bertz CT molecular complexity index is 280. The fraction of sp³-hybridized carbons (Fsp3) is 0.778. The summed E-state index contributed by atoms with van der Waals surface area (Å²) in [5, 5.41) is 3.96. The van der Waals surface area contributed by atoms with Gasteiger partial charge in [-0.15, -0.1) is 0 Å². The number of aryl methyl sites for hydroxylation is 1. The van der Waals surface area contributed by atoms with Crippen molar-refractivity contribution in [2.75, 3.05) is 6.54 Å². The smallest absolute Gasteiger partial charge is 0.152 e. The first-order valence-electron chi connectivity index (χ1n) is 4.78. The Morgan fingerprint density at radius 1 is 1.64 bits per heavy atom. The van der Waals surface area contributed by atoms with Crippen LogP contribution in [0, 0.1) is 0 Å². The van der Waals surface area contributed by atoms with Crippen LogP contribution in [0.4, 0.5) is 0 Å². The summed E-state index contributed by atoms with van der Waals surface area (Å²) in [5.41, 5.74) is 5.37. The Morgan fingerprint density at radius 2 is 2.36 bits per heavy atom. The molecule has 5 heteroatoms. The summed E-state index contributed by atoms with van der Waals surface area (Å²) in [6.45, 7) is 5.03. The van der Waals surface area contributed by atoms with E-state index in [0.29, 0.717) is 13.2 Å². The van der Waals surface area contributed by atoms with Gasteiger partial charge in [-0.1, -0.05) is 6.92 Å². The van der Waals surface area contributed by atoms with E-state index < -0.39 is 0 Å². The molecule has 0 aliphatic rings. The zero-order chi connectivity index (χ0) is 10.6. The normalized spacial score (nSPS) is 15.4. The van der Waals surface area contributed by atoms with E-state index in [-0.39, 0.29) is 5.60 Å². The minimum atomic E-state index is -0.258. The number of ether oxygens (including phenoxy) is 1. The Labute approximate surface area is 84.3 Å². The van der Waals surface area contributed by atoms with Crippen LogP contribution in [0.1, 0.15) is 26.1 Å². The molecule has 1 unspecified atom stereocenters. The molecule has 1 aromatic rings. The van der Waals surface area contributed by atoms with Gasteiger partial charge in [0.2, 0.25) is 0 Å². The van der Waals surface area contributed by atoms with Gasteiger partial charge >= 0.3 is 0 Å². The highest BCUT2D eigenvalue weighted by atomic mass is 16.5. The third kappa shape index (κ3) is 2.52. The predicted molar refractivity (Wildman–Crippen MR) is 53.5 cm³/mol. The summed E-state index contributed by atoms with van der Waals surface area (Å²) >= 11 is 0. The van der Waals surface area contributed by atoms with E-state index in [1.54, 1.807) is 4.68 Å². The Hall–Kier alpha value is -0.940. The molecule has 1 rings (SSSR count). The lowest BCUT2D eigenvalue weighted by atomic mass is 10.0. The second-order valence-corrected chi connectivity index (χ2v) is 3.60. The van der Waals surface area contributed by atoms with Gasteiger partial charge in [-0.05, 0) is 13.3 Å². The summed E-state index contributed by atoms with van der Waals surface area (Å²) in [5.74, 6) is 0.818. The first kappa shape index (κ1) is 11.1. The van der Waals surface area contributed by atoms with Gasteiger partial charge in [-0.2, -0.15) is 5.10 Å². The first-order valence-corrected chi connectivity index (χ1v) is 4.78. The van der Waals surface area contributed by atoms with Crippen molar-refractivity contribution in [3.63, 3.8) is 0 Å². The average molecular weight is 198 g/mol. The topological polar surface area (TPSA) is 66.0 Å². The van der Waals surface area contributed by atoms with Gasteiger partial charge in [0.15, 0.2) is 5.82 Å². The maximum atomic E-state index is 5.70. The number of aromatic nitrogens is 3. The molecule has 0 saturated carbocycles. The lowest BCUT2D eigenvalue weighted by molar-refractivity contribution is -0.0425. The molecule has 0 fully saturated rings. The molecule has 0 spiro atoms. The summed E-state index contributed by atoms with van der Waals surface area (Å²) in [4.78, 5) is 4.07. The molecule has 1 heterocycles. The van der Waals surface area contributed by atoms with Crippen molar-refractivity contribution >= 4 is 0 Å². The molecule has 0 aliphatic carbocycles. The van der Waals surface area contributed by atoms with Gasteiger partial charge in [0.25, 0.3) is 0 Å². The minimum absolute atomic E-state index is 0.258. The van der Waals surface area contributed by atoms with Gasteiger partial charge in [-0.3, -0.25) is 4.68 Å². The lowest BCUT2D eigenvalue weighted by Crippen LogP contribution is -2.36. The van der Waals surface area contributed by atoms with Crippen LogP contribution < -0.4 is 5.73 Å². The Morgan fingerprint density at radius 3 is 2.79 bits per heavy atom. The molecule has 5 nitrogen and oxygen atoms in total. The largest absolute Gasteiger partial charge is 0.366 e. The van der Waals surface area contributed by atoms with E-state index in [0.717, 1.165) is 12.2 Å². The van der Waals surface area contributed by atoms with Crippen molar-refractivity contribution in [2.24, 2.45) is 12.8 Å². The van der Waals surface area contributed by atoms with Crippen LogP contribution in [0.5, 0.6) is 0 Å². The zero-order valence-corrected chi connectivity index (χ0v) is 9.03. The molecule has 1 atom stereocenters. The standard InChI is InChI=1S/C9H18N4O/c1-4-9(2,6-10)14-5-8-11-7-12-13(8)3/h7H,4-6,10H2,1-3H3. The zero-order valence-electron chi connectivity index (χ0n) is 9.03.